The van der Waals surface area contributed by atoms with Gasteiger partial charge < -0.3 is 10.0 Å². The molecule has 1 aliphatic rings. The molecule has 0 saturated heterocycles. The zero-order valence-corrected chi connectivity index (χ0v) is 10.9. The Morgan fingerprint density at radius 1 is 1.12 bits per heavy atom. The molecule has 0 aliphatic heterocycles. The summed E-state index contributed by atoms with van der Waals surface area (Å²) in [7, 11) is 4.24. The minimum atomic E-state index is 0.160. The lowest BCUT2D eigenvalue weighted by molar-refractivity contribution is 0.211. The van der Waals surface area contributed by atoms with E-state index in [1.165, 1.54) is 32.1 Å². The first-order chi connectivity index (χ1) is 8.14. The van der Waals surface area contributed by atoms with Crippen molar-refractivity contribution in [3.8, 4) is 5.75 Å². The van der Waals surface area contributed by atoms with Crippen molar-refractivity contribution in [3.05, 3.63) is 29.8 Å². The summed E-state index contributed by atoms with van der Waals surface area (Å²) in [4.78, 5) is 2.25. The lowest BCUT2D eigenvalue weighted by atomic mass is 9.69. The molecule has 1 aromatic carbocycles. The van der Waals surface area contributed by atoms with Crippen LogP contribution in [0.25, 0.3) is 0 Å². The standard InChI is InChI=1S/C15H23NO/c1-16(2)12-15(10-6-3-7-11-15)13-8-4-5-9-14(13)17/h4-5,8-9,17H,3,6-7,10-12H2,1-2H3. The van der Waals surface area contributed by atoms with Crippen LogP contribution >= 0.6 is 0 Å². The second-order valence-corrected chi connectivity index (χ2v) is 5.60. The molecule has 2 nitrogen and oxygen atoms in total. The summed E-state index contributed by atoms with van der Waals surface area (Å²) in [5.41, 5.74) is 1.31. The quantitative estimate of drug-likeness (QED) is 0.867. The van der Waals surface area contributed by atoms with Crippen LogP contribution in [0.15, 0.2) is 24.3 Å². The maximum atomic E-state index is 10.1. The van der Waals surface area contributed by atoms with Crippen LogP contribution in [0.4, 0.5) is 0 Å². The molecular weight excluding hydrogens is 210 g/mol. The van der Waals surface area contributed by atoms with Crippen LogP contribution in [0.2, 0.25) is 0 Å². The molecule has 0 amide bonds. The fourth-order valence-electron chi connectivity index (χ4n) is 3.27. The zero-order chi connectivity index (χ0) is 12.3. The molecule has 0 radical (unpaired) electrons. The van der Waals surface area contributed by atoms with E-state index in [1.807, 2.05) is 18.2 Å². The van der Waals surface area contributed by atoms with Crippen molar-refractivity contribution in [2.45, 2.75) is 37.5 Å². The van der Waals surface area contributed by atoms with Gasteiger partial charge in [0.25, 0.3) is 0 Å². The number of nitrogens with zero attached hydrogens (tertiary/aromatic N) is 1. The van der Waals surface area contributed by atoms with Gasteiger partial charge in [-0.15, -0.1) is 0 Å². The number of phenols is 1. The molecule has 1 saturated carbocycles. The Labute approximate surface area is 104 Å². The van der Waals surface area contributed by atoms with Crippen molar-refractivity contribution in [2.75, 3.05) is 20.6 Å². The van der Waals surface area contributed by atoms with Gasteiger partial charge >= 0.3 is 0 Å². The smallest absolute Gasteiger partial charge is 0.119 e. The van der Waals surface area contributed by atoms with E-state index in [0.29, 0.717) is 5.75 Å². The topological polar surface area (TPSA) is 23.5 Å². The molecule has 0 bridgehead atoms. The first kappa shape index (κ1) is 12.4. The number of para-hydroxylation sites is 1. The molecule has 0 spiro atoms. The second-order valence-electron chi connectivity index (χ2n) is 5.60. The third-order valence-electron chi connectivity index (χ3n) is 3.90. The van der Waals surface area contributed by atoms with E-state index in [1.54, 1.807) is 0 Å². The van der Waals surface area contributed by atoms with Crippen molar-refractivity contribution >= 4 is 0 Å². The maximum Gasteiger partial charge on any atom is 0.119 e. The SMILES string of the molecule is CN(C)CC1(c2ccccc2O)CCCCC1. The maximum absolute atomic E-state index is 10.1. The van der Waals surface area contributed by atoms with Crippen LogP contribution in [0.5, 0.6) is 5.75 Å². The molecule has 2 rings (SSSR count). The summed E-state index contributed by atoms with van der Waals surface area (Å²) in [6, 6.07) is 7.87. The number of benzene rings is 1. The molecule has 1 N–H and O–H groups in total. The van der Waals surface area contributed by atoms with Crippen LogP contribution in [-0.4, -0.2) is 30.6 Å². The molecule has 1 fully saturated rings. The second kappa shape index (κ2) is 5.09. The van der Waals surface area contributed by atoms with Gasteiger partial charge in [0.15, 0.2) is 0 Å². The lowest BCUT2D eigenvalue weighted by Crippen LogP contribution is -2.39. The molecule has 0 aromatic heterocycles. The molecule has 1 aromatic rings. The fraction of sp³-hybridized carbons (Fsp3) is 0.600. The highest BCUT2D eigenvalue weighted by Crippen LogP contribution is 2.43. The van der Waals surface area contributed by atoms with Gasteiger partial charge in [0.2, 0.25) is 0 Å². The van der Waals surface area contributed by atoms with Crippen molar-refractivity contribution in [3.63, 3.8) is 0 Å². The predicted octanol–water partition coefficient (Wildman–Crippen LogP) is 3.16. The Hall–Kier alpha value is -1.02. The minimum absolute atomic E-state index is 0.160. The Morgan fingerprint density at radius 3 is 2.35 bits per heavy atom. The van der Waals surface area contributed by atoms with Gasteiger partial charge in [0.1, 0.15) is 5.75 Å². The van der Waals surface area contributed by atoms with E-state index < -0.39 is 0 Å². The van der Waals surface area contributed by atoms with Crippen LogP contribution in [-0.2, 0) is 5.41 Å². The summed E-state index contributed by atoms with van der Waals surface area (Å²) < 4.78 is 0. The molecule has 0 unspecified atom stereocenters. The molecular formula is C15H23NO. The van der Waals surface area contributed by atoms with E-state index in [-0.39, 0.29) is 5.41 Å². The first-order valence-electron chi connectivity index (χ1n) is 6.57. The number of hydrogen-bond donors (Lipinski definition) is 1. The lowest BCUT2D eigenvalue weighted by Gasteiger charge is -2.40. The zero-order valence-electron chi connectivity index (χ0n) is 10.9. The Kier molecular flexibility index (Phi) is 3.72. The Bertz CT molecular complexity index is 367. The highest BCUT2D eigenvalue weighted by Gasteiger charge is 2.36. The van der Waals surface area contributed by atoms with E-state index >= 15 is 0 Å². The molecule has 17 heavy (non-hydrogen) atoms. The molecule has 2 heteroatoms. The van der Waals surface area contributed by atoms with Crippen LogP contribution in [0, 0.1) is 0 Å². The largest absolute Gasteiger partial charge is 0.508 e. The first-order valence-corrected chi connectivity index (χ1v) is 6.57. The third kappa shape index (κ3) is 2.63. The van der Waals surface area contributed by atoms with E-state index in [0.717, 1.165) is 12.1 Å². The summed E-state index contributed by atoms with van der Waals surface area (Å²) >= 11 is 0. The highest BCUT2D eigenvalue weighted by molar-refractivity contribution is 5.39. The van der Waals surface area contributed by atoms with Gasteiger partial charge in [-0.1, -0.05) is 37.5 Å². The average molecular weight is 233 g/mol. The van der Waals surface area contributed by atoms with Gasteiger partial charge in [-0.25, -0.2) is 0 Å². The summed E-state index contributed by atoms with van der Waals surface area (Å²) in [6.45, 7) is 1.03. The van der Waals surface area contributed by atoms with Crippen molar-refractivity contribution < 1.29 is 5.11 Å². The Morgan fingerprint density at radius 2 is 1.76 bits per heavy atom. The molecule has 0 heterocycles. The minimum Gasteiger partial charge on any atom is -0.508 e. The number of aromatic hydroxyl groups is 1. The number of phenolic OH excluding ortho intramolecular Hbond substituents is 1. The number of hydrogen-bond acceptors (Lipinski definition) is 2. The number of likely N-dealkylation sites (N-methyl/N-ethyl adjacent to an activating group) is 1. The average Bonchev–Trinajstić information content (AvgIpc) is 2.29. The Balaban J connectivity index is 2.35. The van der Waals surface area contributed by atoms with Gasteiger partial charge in [0, 0.05) is 17.5 Å². The third-order valence-corrected chi connectivity index (χ3v) is 3.90. The van der Waals surface area contributed by atoms with Gasteiger partial charge in [-0.2, -0.15) is 0 Å². The van der Waals surface area contributed by atoms with Crippen LogP contribution in [0.3, 0.4) is 0 Å². The van der Waals surface area contributed by atoms with Crippen LogP contribution in [0.1, 0.15) is 37.7 Å². The molecule has 94 valence electrons. The molecule has 0 atom stereocenters. The summed E-state index contributed by atoms with van der Waals surface area (Å²) in [6.07, 6.45) is 6.29. The van der Waals surface area contributed by atoms with Crippen molar-refractivity contribution in [1.29, 1.82) is 0 Å². The van der Waals surface area contributed by atoms with E-state index in [2.05, 4.69) is 25.1 Å². The van der Waals surface area contributed by atoms with Crippen LogP contribution < -0.4 is 0 Å². The monoisotopic (exact) mass is 233 g/mol. The van der Waals surface area contributed by atoms with E-state index in [9.17, 15) is 5.11 Å². The van der Waals surface area contributed by atoms with Gasteiger partial charge in [0.05, 0.1) is 0 Å². The highest BCUT2D eigenvalue weighted by atomic mass is 16.3. The summed E-state index contributed by atoms with van der Waals surface area (Å²) in [5, 5.41) is 10.1. The van der Waals surface area contributed by atoms with Gasteiger partial charge in [-0.3, -0.25) is 0 Å². The van der Waals surface area contributed by atoms with Crippen molar-refractivity contribution in [1.82, 2.24) is 4.90 Å². The number of rotatable bonds is 3. The van der Waals surface area contributed by atoms with Gasteiger partial charge in [-0.05, 0) is 33.0 Å². The van der Waals surface area contributed by atoms with Crippen molar-refractivity contribution in [2.24, 2.45) is 0 Å². The predicted molar refractivity (Wildman–Crippen MR) is 71.4 cm³/mol. The fourth-order valence-corrected chi connectivity index (χ4v) is 3.27. The normalized spacial score (nSPS) is 19.5. The molecule has 1 aliphatic carbocycles. The summed E-state index contributed by atoms with van der Waals surface area (Å²) in [5.74, 6) is 0.469. The van der Waals surface area contributed by atoms with E-state index in [4.69, 9.17) is 0 Å².